The Morgan fingerprint density at radius 1 is 1.14 bits per heavy atom. The Morgan fingerprint density at radius 2 is 1.86 bits per heavy atom. The number of fused-ring (bicyclic) bond motifs is 1. The second kappa shape index (κ2) is 8.42. The van der Waals surface area contributed by atoms with Gasteiger partial charge in [0, 0.05) is 24.7 Å². The molecule has 28 heavy (non-hydrogen) atoms. The molecular weight excluding hydrogens is 394 g/mol. The Balaban J connectivity index is 1.92. The van der Waals surface area contributed by atoms with E-state index < -0.39 is 9.84 Å². The number of thiophene rings is 1. The molecule has 3 aromatic rings. The van der Waals surface area contributed by atoms with E-state index in [0.717, 1.165) is 46.0 Å². The lowest BCUT2D eigenvalue weighted by atomic mass is 10.2. The summed E-state index contributed by atoms with van der Waals surface area (Å²) in [6, 6.07) is 8.96. The highest BCUT2D eigenvalue weighted by molar-refractivity contribution is 7.90. The van der Waals surface area contributed by atoms with Crippen molar-refractivity contribution in [2.75, 3.05) is 51.1 Å². The van der Waals surface area contributed by atoms with E-state index in [1.54, 1.807) is 30.5 Å². The lowest BCUT2D eigenvalue weighted by Gasteiger charge is -2.11. The molecular formula is C19H25N5O2S2. The molecule has 2 N–H and O–H groups in total. The number of benzene rings is 1. The van der Waals surface area contributed by atoms with Crippen LogP contribution in [0.5, 0.6) is 0 Å². The Hall–Kier alpha value is -2.23. The molecule has 7 nitrogen and oxygen atoms in total. The molecule has 0 saturated heterocycles. The summed E-state index contributed by atoms with van der Waals surface area (Å²) in [6.45, 7) is 1.83. The predicted octanol–water partition coefficient (Wildman–Crippen LogP) is 3.17. The van der Waals surface area contributed by atoms with Crippen molar-refractivity contribution in [3.8, 4) is 10.4 Å². The fourth-order valence-electron chi connectivity index (χ4n) is 2.77. The van der Waals surface area contributed by atoms with Crippen molar-refractivity contribution in [2.24, 2.45) is 0 Å². The third kappa shape index (κ3) is 4.78. The van der Waals surface area contributed by atoms with Crippen LogP contribution in [0.3, 0.4) is 0 Å². The summed E-state index contributed by atoms with van der Waals surface area (Å²) >= 11 is 1.60. The Labute approximate surface area is 169 Å². The van der Waals surface area contributed by atoms with Crippen LogP contribution in [-0.4, -0.2) is 63.8 Å². The van der Waals surface area contributed by atoms with Crippen LogP contribution < -0.4 is 10.6 Å². The molecule has 0 spiro atoms. The molecule has 9 heteroatoms. The van der Waals surface area contributed by atoms with E-state index in [-0.39, 0.29) is 0 Å². The molecule has 150 valence electrons. The zero-order valence-corrected chi connectivity index (χ0v) is 18.1. The zero-order chi connectivity index (χ0) is 20.3. The first-order valence-electron chi connectivity index (χ1n) is 8.96. The van der Waals surface area contributed by atoms with Crippen LogP contribution in [0.1, 0.15) is 6.42 Å². The van der Waals surface area contributed by atoms with Crippen LogP contribution in [0.25, 0.3) is 20.7 Å². The maximum absolute atomic E-state index is 11.7. The third-order valence-corrected chi connectivity index (χ3v) is 6.55. The molecule has 0 amide bonds. The topological polar surface area (TPSA) is 87.2 Å². The van der Waals surface area contributed by atoms with E-state index in [9.17, 15) is 8.42 Å². The molecule has 0 saturated carbocycles. The largest absolute Gasteiger partial charge is 0.369 e. The summed E-state index contributed by atoms with van der Waals surface area (Å²) in [4.78, 5) is 12.6. The zero-order valence-electron chi connectivity index (χ0n) is 16.5. The molecule has 0 atom stereocenters. The molecule has 0 unspecified atom stereocenters. The molecule has 0 fully saturated rings. The van der Waals surface area contributed by atoms with Crippen molar-refractivity contribution in [3.63, 3.8) is 0 Å². The van der Waals surface area contributed by atoms with Crippen LogP contribution in [0.4, 0.5) is 11.8 Å². The lowest BCUT2D eigenvalue weighted by Crippen LogP contribution is -2.16. The van der Waals surface area contributed by atoms with Crippen molar-refractivity contribution < 1.29 is 8.42 Å². The number of anilines is 2. The van der Waals surface area contributed by atoms with Gasteiger partial charge in [0.05, 0.1) is 15.1 Å². The van der Waals surface area contributed by atoms with Gasteiger partial charge in [-0.3, -0.25) is 0 Å². The van der Waals surface area contributed by atoms with E-state index in [1.165, 1.54) is 6.26 Å². The molecule has 0 bridgehead atoms. The average Bonchev–Trinajstić information content (AvgIpc) is 3.08. The average molecular weight is 420 g/mol. The van der Waals surface area contributed by atoms with E-state index in [2.05, 4.69) is 39.6 Å². The van der Waals surface area contributed by atoms with Gasteiger partial charge in [0.1, 0.15) is 5.82 Å². The van der Waals surface area contributed by atoms with Crippen LogP contribution in [0.15, 0.2) is 35.2 Å². The molecule has 3 rings (SSSR count). The van der Waals surface area contributed by atoms with Crippen LogP contribution in [-0.2, 0) is 9.84 Å². The van der Waals surface area contributed by atoms with Crippen molar-refractivity contribution in [3.05, 3.63) is 30.3 Å². The highest BCUT2D eigenvalue weighted by Crippen LogP contribution is 2.36. The second-order valence-corrected chi connectivity index (χ2v) is 9.92. The van der Waals surface area contributed by atoms with Crippen LogP contribution in [0.2, 0.25) is 0 Å². The minimum Gasteiger partial charge on any atom is -0.369 e. The molecule has 1 aromatic carbocycles. The van der Waals surface area contributed by atoms with Gasteiger partial charge >= 0.3 is 0 Å². The fourth-order valence-corrected chi connectivity index (χ4v) is 4.47. The normalized spacial score (nSPS) is 11.9. The Bertz CT molecular complexity index is 1060. The first kappa shape index (κ1) is 20.5. The summed E-state index contributed by atoms with van der Waals surface area (Å²) in [6.07, 6.45) is 2.23. The Kier molecular flexibility index (Phi) is 6.17. The van der Waals surface area contributed by atoms with Gasteiger partial charge < -0.3 is 15.5 Å². The second-order valence-electron chi connectivity index (χ2n) is 6.85. The van der Waals surface area contributed by atoms with Crippen LogP contribution in [0, 0.1) is 0 Å². The van der Waals surface area contributed by atoms with E-state index in [4.69, 9.17) is 0 Å². The summed E-state index contributed by atoms with van der Waals surface area (Å²) in [5.41, 5.74) is 1.82. The number of sulfone groups is 1. The molecule has 0 radical (unpaired) electrons. The third-order valence-electron chi connectivity index (χ3n) is 4.24. The number of hydrogen-bond acceptors (Lipinski definition) is 8. The van der Waals surface area contributed by atoms with E-state index in [1.807, 2.05) is 18.2 Å². The first-order chi connectivity index (χ1) is 13.3. The molecule has 2 aromatic heterocycles. The molecule has 0 aliphatic heterocycles. The Morgan fingerprint density at radius 3 is 2.46 bits per heavy atom. The van der Waals surface area contributed by atoms with Gasteiger partial charge in [-0.1, -0.05) is 12.1 Å². The summed E-state index contributed by atoms with van der Waals surface area (Å²) in [7, 11) is 2.71. The smallest absolute Gasteiger partial charge is 0.225 e. The molecule has 0 aliphatic rings. The number of nitrogens with one attached hydrogen (secondary N) is 2. The quantitative estimate of drug-likeness (QED) is 0.542. The monoisotopic (exact) mass is 419 g/mol. The van der Waals surface area contributed by atoms with Crippen molar-refractivity contribution in [2.45, 2.75) is 11.3 Å². The number of aromatic nitrogens is 2. The van der Waals surface area contributed by atoms with Gasteiger partial charge in [-0.15, -0.1) is 11.3 Å². The molecule has 0 aliphatic carbocycles. The SMILES string of the molecule is CNc1nc(NCCCN(C)C)c2sc(-c3ccc(S(C)(=O)=O)cc3)cc2n1. The molecule has 2 heterocycles. The van der Waals surface area contributed by atoms with E-state index in [0.29, 0.717) is 10.8 Å². The maximum Gasteiger partial charge on any atom is 0.225 e. The van der Waals surface area contributed by atoms with Gasteiger partial charge in [-0.05, 0) is 50.8 Å². The highest BCUT2D eigenvalue weighted by Gasteiger charge is 2.13. The summed E-state index contributed by atoms with van der Waals surface area (Å²) in [5.74, 6) is 1.39. The highest BCUT2D eigenvalue weighted by atomic mass is 32.2. The van der Waals surface area contributed by atoms with Gasteiger partial charge in [0.2, 0.25) is 5.95 Å². The van der Waals surface area contributed by atoms with Gasteiger partial charge in [-0.25, -0.2) is 13.4 Å². The first-order valence-corrected chi connectivity index (χ1v) is 11.7. The minimum atomic E-state index is -3.20. The lowest BCUT2D eigenvalue weighted by molar-refractivity contribution is 0.405. The van der Waals surface area contributed by atoms with Gasteiger partial charge in [-0.2, -0.15) is 4.98 Å². The maximum atomic E-state index is 11.7. The van der Waals surface area contributed by atoms with Crippen molar-refractivity contribution in [1.82, 2.24) is 14.9 Å². The number of rotatable bonds is 8. The standard InChI is InChI=1S/C19H25N5O2S2/c1-20-19-22-15-12-16(13-6-8-14(9-7-13)28(4,25)26)27-17(15)18(23-19)21-10-5-11-24(2)3/h6-9,12H,5,10-11H2,1-4H3,(H2,20,21,22,23). The summed E-state index contributed by atoms with van der Waals surface area (Å²) < 4.78 is 24.3. The number of nitrogens with zero attached hydrogens (tertiary/aromatic N) is 3. The van der Waals surface area contributed by atoms with Crippen LogP contribution >= 0.6 is 11.3 Å². The van der Waals surface area contributed by atoms with Gasteiger partial charge in [0.25, 0.3) is 0 Å². The minimum absolute atomic E-state index is 0.317. The van der Waals surface area contributed by atoms with Gasteiger partial charge in [0.15, 0.2) is 9.84 Å². The van der Waals surface area contributed by atoms with E-state index >= 15 is 0 Å². The number of hydrogen-bond donors (Lipinski definition) is 2. The van der Waals surface area contributed by atoms with Crippen molar-refractivity contribution in [1.29, 1.82) is 0 Å². The van der Waals surface area contributed by atoms with Crippen molar-refractivity contribution >= 4 is 43.2 Å². The summed E-state index contributed by atoms with van der Waals surface area (Å²) in [5, 5.41) is 6.43. The fraction of sp³-hybridized carbons (Fsp3) is 0.368. The predicted molar refractivity (Wildman–Crippen MR) is 117 cm³/mol.